The minimum atomic E-state index is -0.236. The zero-order valence-corrected chi connectivity index (χ0v) is 13.3. The largest absolute Gasteiger partial charge is 0.321 e. The standard InChI is InChI=1S/C21H17NO2/c1-15-11-13-16(14-12-15)20(23)18-9-5-6-10-19(18)22-21(24)17-7-3-2-4-8-17/h2-14H,1H3,(H,22,24). The molecule has 0 heterocycles. The van der Waals surface area contributed by atoms with Crippen LogP contribution in [0.15, 0.2) is 78.9 Å². The zero-order chi connectivity index (χ0) is 16.9. The van der Waals surface area contributed by atoms with Crippen molar-refractivity contribution in [1.29, 1.82) is 0 Å². The Bertz CT molecular complexity index is 868. The number of hydrogen-bond donors (Lipinski definition) is 1. The van der Waals surface area contributed by atoms with Gasteiger partial charge in [0.25, 0.3) is 5.91 Å². The van der Waals surface area contributed by atoms with Crippen molar-refractivity contribution >= 4 is 17.4 Å². The number of anilines is 1. The molecule has 3 heteroatoms. The number of nitrogens with one attached hydrogen (secondary N) is 1. The maximum Gasteiger partial charge on any atom is 0.255 e. The third kappa shape index (κ3) is 3.41. The summed E-state index contributed by atoms with van der Waals surface area (Å²) in [7, 11) is 0. The summed E-state index contributed by atoms with van der Waals surface area (Å²) in [5, 5.41) is 2.83. The zero-order valence-electron chi connectivity index (χ0n) is 13.3. The van der Waals surface area contributed by atoms with Crippen LogP contribution < -0.4 is 5.32 Å². The van der Waals surface area contributed by atoms with Gasteiger partial charge in [0.15, 0.2) is 5.78 Å². The van der Waals surface area contributed by atoms with E-state index in [0.717, 1.165) is 5.56 Å². The molecule has 0 aromatic heterocycles. The van der Waals surface area contributed by atoms with Crippen molar-refractivity contribution < 1.29 is 9.59 Å². The molecule has 0 aliphatic heterocycles. The SMILES string of the molecule is Cc1ccc(C(=O)c2ccccc2NC(=O)c2ccccc2)cc1. The van der Waals surface area contributed by atoms with Gasteiger partial charge < -0.3 is 5.32 Å². The van der Waals surface area contributed by atoms with E-state index in [1.807, 2.05) is 25.1 Å². The summed E-state index contributed by atoms with van der Waals surface area (Å²) in [5.41, 5.74) is 3.23. The number of aryl methyl sites for hydroxylation is 1. The lowest BCUT2D eigenvalue weighted by Gasteiger charge is -2.10. The summed E-state index contributed by atoms with van der Waals surface area (Å²) in [5.74, 6) is -0.348. The average Bonchev–Trinajstić information content (AvgIpc) is 2.63. The van der Waals surface area contributed by atoms with E-state index in [9.17, 15) is 9.59 Å². The van der Waals surface area contributed by atoms with Crippen LogP contribution in [0.25, 0.3) is 0 Å². The van der Waals surface area contributed by atoms with Crippen LogP contribution >= 0.6 is 0 Å². The lowest BCUT2D eigenvalue weighted by molar-refractivity contribution is 0.102. The van der Waals surface area contributed by atoms with Crippen LogP contribution in [-0.4, -0.2) is 11.7 Å². The molecule has 0 atom stereocenters. The minimum absolute atomic E-state index is 0.112. The van der Waals surface area contributed by atoms with Crippen LogP contribution in [-0.2, 0) is 0 Å². The van der Waals surface area contributed by atoms with E-state index in [4.69, 9.17) is 0 Å². The summed E-state index contributed by atoms with van der Waals surface area (Å²) >= 11 is 0. The summed E-state index contributed by atoms with van der Waals surface area (Å²) < 4.78 is 0. The fraction of sp³-hybridized carbons (Fsp3) is 0.0476. The molecule has 3 nitrogen and oxygen atoms in total. The van der Waals surface area contributed by atoms with Gasteiger partial charge in [-0.1, -0.05) is 60.2 Å². The van der Waals surface area contributed by atoms with Crippen LogP contribution in [0, 0.1) is 6.92 Å². The van der Waals surface area contributed by atoms with Gasteiger partial charge in [0.1, 0.15) is 0 Å². The van der Waals surface area contributed by atoms with Crippen LogP contribution in [0.3, 0.4) is 0 Å². The third-order valence-electron chi connectivity index (χ3n) is 3.77. The number of hydrogen-bond acceptors (Lipinski definition) is 2. The van der Waals surface area contributed by atoms with Crippen molar-refractivity contribution in [2.75, 3.05) is 5.32 Å². The van der Waals surface area contributed by atoms with Crippen LogP contribution in [0.4, 0.5) is 5.69 Å². The molecule has 118 valence electrons. The van der Waals surface area contributed by atoms with Crippen molar-refractivity contribution in [2.24, 2.45) is 0 Å². The first kappa shape index (κ1) is 15.7. The molecule has 0 unspecified atom stereocenters. The van der Waals surface area contributed by atoms with Gasteiger partial charge in [-0.2, -0.15) is 0 Å². The fourth-order valence-electron chi connectivity index (χ4n) is 2.43. The molecule has 1 amide bonds. The van der Waals surface area contributed by atoms with Gasteiger partial charge in [0.2, 0.25) is 0 Å². The monoisotopic (exact) mass is 315 g/mol. The van der Waals surface area contributed by atoms with Crippen molar-refractivity contribution in [2.45, 2.75) is 6.92 Å². The Balaban J connectivity index is 1.89. The predicted molar refractivity (Wildman–Crippen MR) is 95.4 cm³/mol. The lowest BCUT2D eigenvalue weighted by Crippen LogP contribution is -2.15. The molecule has 24 heavy (non-hydrogen) atoms. The fourth-order valence-corrected chi connectivity index (χ4v) is 2.43. The molecule has 3 aromatic rings. The van der Waals surface area contributed by atoms with Gasteiger partial charge in [0.05, 0.1) is 5.69 Å². The Morgan fingerprint density at radius 2 is 1.33 bits per heavy atom. The Kier molecular flexibility index (Phi) is 4.52. The van der Waals surface area contributed by atoms with E-state index in [2.05, 4.69) is 5.32 Å². The Morgan fingerprint density at radius 1 is 0.708 bits per heavy atom. The first-order valence-corrected chi connectivity index (χ1v) is 7.72. The molecular formula is C21H17NO2. The van der Waals surface area contributed by atoms with E-state index in [-0.39, 0.29) is 11.7 Å². The number of carbonyl (C=O) groups excluding carboxylic acids is 2. The molecule has 0 radical (unpaired) electrons. The average molecular weight is 315 g/mol. The summed E-state index contributed by atoms with van der Waals surface area (Å²) in [6.45, 7) is 1.97. The highest BCUT2D eigenvalue weighted by Crippen LogP contribution is 2.20. The normalized spacial score (nSPS) is 10.2. The van der Waals surface area contributed by atoms with Gasteiger partial charge >= 0.3 is 0 Å². The molecule has 0 bridgehead atoms. The maximum atomic E-state index is 12.7. The highest BCUT2D eigenvalue weighted by Gasteiger charge is 2.15. The molecule has 0 fully saturated rings. The molecule has 3 rings (SSSR count). The van der Waals surface area contributed by atoms with Gasteiger partial charge in [-0.3, -0.25) is 9.59 Å². The second kappa shape index (κ2) is 6.92. The molecule has 0 saturated carbocycles. The predicted octanol–water partition coefficient (Wildman–Crippen LogP) is 4.48. The summed E-state index contributed by atoms with van der Waals surface area (Å²) in [4.78, 5) is 25.1. The molecular weight excluding hydrogens is 298 g/mol. The number of rotatable bonds is 4. The second-order valence-corrected chi connectivity index (χ2v) is 5.56. The van der Waals surface area contributed by atoms with Gasteiger partial charge in [-0.05, 0) is 31.2 Å². The molecule has 0 saturated heterocycles. The van der Waals surface area contributed by atoms with Crippen LogP contribution in [0.5, 0.6) is 0 Å². The quantitative estimate of drug-likeness (QED) is 0.722. The highest BCUT2D eigenvalue weighted by molar-refractivity contribution is 6.15. The molecule has 0 aliphatic rings. The summed E-state index contributed by atoms with van der Waals surface area (Å²) in [6.07, 6.45) is 0. The van der Waals surface area contributed by atoms with Crippen LogP contribution in [0.1, 0.15) is 31.8 Å². The van der Waals surface area contributed by atoms with Gasteiger partial charge in [-0.15, -0.1) is 0 Å². The first-order valence-electron chi connectivity index (χ1n) is 7.72. The molecule has 0 aliphatic carbocycles. The van der Waals surface area contributed by atoms with Crippen molar-refractivity contribution in [3.05, 3.63) is 101 Å². The number of para-hydroxylation sites is 1. The number of benzene rings is 3. The van der Waals surface area contributed by atoms with E-state index >= 15 is 0 Å². The molecule has 1 N–H and O–H groups in total. The smallest absolute Gasteiger partial charge is 0.255 e. The topological polar surface area (TPSA) is 46.2 Å². The Labute approximate surface area is 141 Å². The first-order chi connectivity index (χ1) is 11.6. The van der Waals surface area contributed by atoms with Crippen molar-refractivity contribution in [1.82, 2.24) is 0 Å². The number of amides is 1. The van der Waals surface area contributed by atoms with Crippen molar-refractivity contribution in [3.63, 3.8) is 0 Å². The Morgan fingerprint density at radius 3 is 2.04 bits per heavy atom. The van der Waals surface area contributed by atoms with E-state index in [0.29, 0.717) is 22.4 Å². The number of ketones is 1. The summed E-state index contributed by atoms with van der Waals surface area (Å²) in [6, 6.07) is 23.4. The third-order valence-corrected chi connectivity index (χ3v) is 3.77. The van der Waals surface area contributed by atoms with E-state index in [1.165, 1.54) is 0 Å². The number of carbonyl (C=O) groups is 2. The second-order valence-electron chi connectivity index (χ2n) is 5.56. The van der Waals surface area contributed by atoms with Gasteiger partial charge in [-0.25, -0.2) is 0 Å². The Hall–Kier alpha value is -3.20. The van der Waals surface area contributed by atoms with E-state index < -0.39 is 0 Å². The van der Waals surface area contributed by atoms with Gasteiger partial charge in [0, 0.05) is 16.7 Å². The highest BCUT2D eigenvalue weighted by atomic mass is 16.1. The van der Waals surface area contributed by atoms with Crippen molar-refractivity contribution in [3.8, 4) is 0 Å². The van der Waals surface area contributed by atoms with Crippen LogP contribution in [0.2, 0.25) is 0 Å². The van der Waals surface area contributed by atoms with E-state index in [1.54, 1.807) is 60.7 Å². The minimum Gasteiger partial charge on any atom is -0.321 e. The maximum absolute atomic E-state index is 12.7. The molecule has 3 aromatic carbocycles. The lowest BCUT2D eigenvalue weighted by atomic mass is 10.0. The molecule has 0 spiro atoms.